The van der Waals surface area contributed by atoms with Crippen molar-refractivity contribution < 1.29 is 14.9 Å². The van der Waals surface area contributed by atoms with E-state index < -0.39 is 12.2 Å². The Kier molecular flexibility index (Phi) is 5.27. The highest BCUT2D eigenvalue weighted by molar-refractivity contribution is 4.94. The molecule has 0 radical (unpaired) electrons. The van der Waals surface area contributed by atoms with Gasteiger partial charge in [0.15, 0.2) is 0 Å². The van der Waals surface area contributed by atoms with E-state index in [0.29, 0.717) is 0 Å². The van der Waals surface area contributed by atoms with E-state index in [1.807, 2.05) is 0 Å². The SMILES string of the molecule is CCC(CC)C(O)C(O)C1CCOC2(CCCC2)C1. The summed E-state index contributed by atoms with van der Waals surface area (Å²) in [5, 5.41) is 20.9. The molecular formula is C16H30O3. The van der Waals surface area contributed by atoms with Crippen LogP contribution in [0.4, 0.5) is 0 Å². The fourth-order valence-corrected chi connectivity index (χ4v) is 4.05. The van der Waals surface area contributed by atoms with Gasteiger partial charge in [0, 0.05) is 6.61 Å². The second-order valence-electron chi connectivity index (χ2n) is 6.55. The van der Waals surface area contributed by atoms with Crippen molar-refractivity contribution in [3.63, 3.8) is 0 Å². The van der Waals surface area contributed by atoms with Crippen LogP contribution < -0.4 is 0 Å². The third-order valence-corrected chi connectivity index (χ3v) is 5.41. The summed E-state index contributed by atoms with van der Waals surface area (Å²) in [4.78, 5) is 0. The largest absolute Gasteiger partial charge is 0.390 e. The van der Waals surface area contributed by atoms with Gasteiger partial charge < -0.3 is 14.9 Å². The van der Waals surface area contributed by atoms with E-state index in [1.54, 1.807) is 0 Å². The van der Waals surface area contributed by atoms with E-state index in [9.17, 15) is 10.2 Å². The lowest BCUT2D eigenvalue weighted by molar-refractivity contribution is -0.135. The first-order valence-corrected chi connectivity index (χ1v) is 8.12. The third kappa shape index (κ3) is 3.32. The van der Waals surface area contributed by atoms with Crippen LogP contribution >= 0.6 is 0 Å². The molecule has 3 atom stereocenters. The predicted octanol–water partition coefficient (Wildman–Crippen LogP) is 2.88. The van der Waals surface area contributed by atoms with Crippen LogP contribution in [0.25, 0.3) is 0 Å². The Bertz CT molecular complexity index is 269. The normalized spacial score (nSPS) is 29.8. The number of aliphatic hydroxyl groups excluding tert-OH is 2. The molecule has 0 bridgehead atoms. The lowest BCUT2D eigenvalue weighted by Gasteiger charge is -2.41. The van der Waals surface area contributed by atoms with Crippen molar-refractivity contribution in [2.24, 2.45) is 11.8 Å². The van der Waals surface area contributed by atoms with E-state index in [4.69, 9.17) is 4.74 Å². The van der Waals surface area contributed by atoms with E-state index in [2.05, 4.69) is 13.8 Å². The number of aliphatic hydroxyl groups is 2. The fraction of sp³-hybridized carbons (Fsp3) is 1.00. The first-order valence-electron chi connectivity index (χ1n) is 8.12. The molecule has 112 valence electrons. The summed E-state index contributed by atoms with van der Waals surface area (Å²) in [6, 6.07) is 0. The second-order valence-corrected chi connectivity index (χ2v) is 6.55. The van der Waals surface area contributed by atoms with Crippen molar-refractivity contribution in [1.29, 1.82) is 0 Å². The number of rotatable bonds is 5. The summed E-state index contributed by atoms with van der Waals surface area (Å²) in [6.45, 7) is 4.93. The molecule has 2 rings (SSSR count). The molecular weight excluding hydrogens is 240 g/mol. The van der Waals surface area contributed by atoms with Crippen LogP contribution in [0.3, 0.4) is 0 Å². The summed E-state index contributed by atoms with van der Waals surface area (Å²) in [5.41, 5.74) is 0.0253. The van der Waals surface area contributed by atoms with Crippen LogP contribution in [0.15, 0.2) is 0 Å². The van der Waals surface area contributed by atoms with E-state index >= 15 is 0 Å². The van der Waals surface area contributed by atoms with Gasteiger partial charge in [-0.2, -0.15) is 0 Å². The summed E-state index contributed by atoms with van der Waals surface area (Å²) in [6.07, 6.45) is 7.31. The van der Waals surface area contributed by atoms with Crippen LogP contribution in [0, 0.1) is 11.8 Å². The second kappa shape index (κ2) is 6.55. The molecule has 1 saturated carbocycles. The summed E-state index contributed by atoms with van der Waals surface area (Å²) in [7, 11) is 0. The Hall–Kier alpha value is -0.120. The van der Waals surface area contributed by atoms with E-state index in [1.165, 1.54) is 12.8 Å². The number of hydrogen-bond acceptors (Lipinski definition) is 3. The zero-order valence-corrected chi connectivity index (χ0v) is 12.5. The molecule has 3 heteroatoms. The first kappa shape index (κ1) is 15.3. The first-order chi connectivity index (χ1) is 9.12. The van der Waals surface area contributed by atoms with Gasteiger partial charge in [0.2, 0.25) is 0 Å². The lowest BCUT2D eigenvalue weighted by Crippen LogP contribution is -2.46. The lowest BCUT2D eigenvalue weighted by atomic mass is 9.77. The molecule has 3 unspecified atom stereocenters. The topological polar surface area (TPSA) is 49.7 Å². The summed E-state index contributed by atoms with van der Waals surface area (Å²) in [5.74, 6) is 0.430. The van der Waals surface area contributed by atoms with Crippen LogP contribution in [-0.2, 0) is 4.74 Å². The Labute approximate surface area is 117 Å². The monoisotopic (exact) mass is 270 g/mol. The van der Waals surface area contributed by atoms with Gasteiger partial charge in [-0.3, -0.25) is 0 Å². The predicted molar refractivity (Wildman–Crippen MR) is 76.0 cm³/mol. The summed E-state index contributed by atoms with van der Waals surface area (Å²) < 4.78 is 6.01. The molecule has 19 heavy (non-hydrogen) atoms. The Morgan fingerprint density at radius 1 is 1.16 bits per heavy atom. The van der Waals surface area contributed by atoms with Crippen molar-refractivity contribution in [2.45, 2.75) is 83.0 Å². The zero-order chi connectivity index (χ0) is 13.9. The molecule has 1 spiro atoms. The average molecular weight is 270 g/mol. The van der Waals surface area contributed by atoms with Crippen molar-refractivity contribution in [1.82, 2.24) is 0 Å². The van der Waals surface area contributed by atoms with Crippen LogP contribution in [0.1, 0.15) is 65.2 Å². The minimum absolute atomic E-state index is 0.0253. The molecule has 2 aliphatic rings. The quantitative estimate of drug-likeness (QED) is 0.807. The molecule has 0 aromatic carbocycles. The Morgan fingerprint density at radius 2 is 1.79 bits per heavy atom. The molecule has 1 aliphatic carbocycles. The van der Waals surface area contributed by atoms with Gasteiger partial charge in [0.05, 0.1) is 17.8 Å². The van der Waals surface area contributed by atoms with Gasteiger partial charge >= 0.3 is 0 Å². The number of hydrogen-bond donors (Lipinski definition) is 2. The maximum atomic E-state index is 10.5. The molecule has 3 nitrogen and oxygen atoms in total. The number of ether oxygens (including phenoxy) is 1. The van der Waals surface area contributed by atoms with Crippen molar-refractivity contribution >= 4 is 0 Å². The van der Waals surface area contributed by atoms with Gasteiger partial charge in [-0.05, 0) is 37.5 Å². The zero-order valence-electron chi connectivity index (χ0n) is 12.5. The summed E-state index contributed by atoms with van der Waals surface area (Å²) >= 11 is 0. The molecule has 1 saturated heterocycles. The highest BCUT2D eigenvalue weighted by Gasteiger charge is 2.43. The van der Waals surface area contributed by atoms with Crippen molar-refractivity contribution in [3.05, 3.63) is 0 Å². The minimum atomic E-state index is -0.578. The van der Waals surface area contributed by atoms with Gasteiger partial charge in [-0.25, -0.2) is 0 Å². The van der Waals surface area contributed by atoms with Gasteiger partial charge in [0.25, 0.3) is 0 Å². The maximum Gasteiger partial charge on any atom is 0.0831 e. The molecule has 2 N–H and O–H groups in total. The Balaban J connectivity index is 1.96. The highest BCUT2D eigenvalue weighted by Crippen LogP contribution is 2.43. The molecule has 2 fully saturated rings. The van der Waals surface area contributed by atoms with Gasteiger partial charge in [-0.1, -0.05) is 39.5 Å². The van der Waals surface area contributed by atoms with Crippen molar-refractivity contribution in [3.8, 4) is 0 Å². The molecule has 0 amide bonds. The molecule has 1 aliphatic heterocycles. The maximum absolute atomic E-state index is 10.5. The van der Waals surface area contributed by atoms with Crippen LogP contribution in [-0.4, -0.2) is 34.6 Å². The molecule has 0 aromatic rings. The standard InChI is InChI=1S/C16H30O3/c1-3-12(4-2)14(17)15(18)13-7-10-19-16(11-13)8-5-6-9-16/h12-15,17-18H,3-11H2,1-2H3. The highest BCUT2D eigenvalue weighted by atomic mass is 16.5. The van der Waals surface area contributed by atoms with Gasteiger partial charge in [-0.15, -0.1) is 0 Å². The van der Waals surface area contributed by atoms with Gasteiger partial charge in [0.1, 0.15) is 0 Å². The molecule has 1 heterocycles. The average Bonchev–Trinajstić information content (AvgIpc) is 2.87. The van der Waals surface area contributed by atoms with Crippen molar-refractivity contribution in [2.75, 3.05) is 6.61 Å². The van der Waals surface area contributed by atoms with E-state index in [0.717, 1.165) is 45.1 Å². The smallest absolute Gasteiger partial charge is 0.0831 e. The Morgan fingerprint density at radius 3 is 2.37 bits per heavy atom. The van der Waals surface area contributed by atoms with E-state index in [-0.39, 0.29) is 17.4 Å². The fourth-order valence-electron chi connectivity index (χ4n) is 4.05. The third-order valence-electron chi connectivity index (χ3n) is 5.41. The van der Waals surface area contributed by atoms with Crippen LogP contribution in [0.5, 0.6) is 0 Å². The minimum Gasteiger partial charge on any atom is -0.390 e. The molecule has 0 aromatic heterocycles. The van der Waals surface area contributed by atoms with Crippen LogP contribution in [0.2, 0.25) is 0 Å².